The van der Waals surface area contributed by atoms with Gasteiger partial charge in [-0.3, -0.25) is 9.63 Å². The average Bonchev–Trinajstić information content (AvgIpc) is 3.42. The molecule has 4 rings (SSSR count). The highest BCUT2D eigenvalue weighted by Crippen LogP contribution is 2.37. The largest absolute Gasteiger partial charge is 0.490 e. The quantitative estimate of drug-likeness (QED) is 0.723. The van der Waals surface area contributed by atoms with Gasteiger partial charge in [-0.2, -0.15) is 13.2 Å². The lowest BCUT2D eigenvalue weighted by molar-refractivity contribution is -0.192. The van der Waals surface area contributed by atoms with Crippen molar-refractivity contribution in [2.75, 3.05) is 51.5 Å². The SMILES string of the molecule is COc1cc(N2C[C@@H]3COC[C@@H](C(=O)N4CCCO4)[C@@H]3C2)ncn1.O=C(O)C(F)(F)F. The summed E-state index contributed by atoms with van der Waals surface area (Å²) in [6, 6.07) is 1.83. The molecule has 3 atom stereocenters. The number of amides is 1. The number of carbonyl (C=O) groups is 2. The number of hydrogen-bond donors (Lipinski definition) is 1. The van der Waals surface area contributed by atoms with Gasteiger partial charge < -0.3 is 19.5 Å². The summed E-state index contributed by atoms with van der Waals surface area (Å²) in [4.78, 5) is 37.7. The van der Waals surface area contributed by atoms with Gasteiger partial charge in [-0.05, 0) is 12.3 Å². The van der Waals surface area contributed by atoms with Crippen molar-refractivity contribution in [3.63, 3.8) is 0 Å². The highest BCUT2D eigenvalue weighted by molar-refractivity contribution is 5.79. The van der Waals surface area contributed by atoms with Crippen molar-refractivity contribution in [1.82, 2.24) is 15.0 Å². The summed E-state index contributed by atoms with van der Waals surface area (Å²) < 4.78 is 42.6. The second-order valence-electron chi connectivity index (χ2n) is 7.32. The van der Waals surface area contributed by atoms with Gasteiger partial charge in [0, 0.05) is 25.1 Å². The number of alkyl halides is 3. The van der Waals surface area contributed by atoms with Crippen molar-refractivity contribution in [1.29, 1.82) is 0 Å². The van der Waals surface area contributed by atoms with Crippen molar-refractivity contribution >= 4 is 17.7 Å². The van der Waals surface area contributed by atoms with Gasteiger partial charge in [0.25, 0.3) is 5.91 Å². The molecule has 3 aliphatic heterocycles. The molecular weight excluding hydrogens is 425 g/mol. The first-order chi connectivity index (χ1) is 14.7. The van der Waals surface area contributed by atoms with Crippen LogP contribution in [0.5, 0.6) is 5.88 Å². The number of aromatic nitrogens is 2. The molecule has 1 aromatic heterocycles. The van der Waals surface area contributed by atoms with E-state index in [1.54, 1.807) is 7.11 Å². The predicted octanol–water partition coefficient (Wildman–Crippen LogP) is 0.981. The maximum atomic E-state index is 12.7. The van der Waals surface area contributed by atoms with Crippen LogP contribution in [0.2, 0.25) is 0 Å². The van der Waals surface area contributed by atoms with Gasteiger partial charge in [0.05, 0.1) is 39.4 Å². The second-order valence-corrected chi connectivity index (χ2v) is 7.32. The molecule has 3 saturated heterocycles. The van der Waals surface area contributed by atoms with Gasteiger partial charge in [0.2, 0.25) is 5.88 Å². The Hall–Kier alpha value is -2.67. The number of carboxylic acids is 1. The lowest BCUT2D eigenvalue weighted by atomic mass is 9.82. The Labute approximate surface area is 175 Å². The van der Waals surface area contributed by atoms with E-state index in [0.29, 0.717) is 38.2 Å². The van der Waals surface area contributed by atoms with Gasteiger partial charge in [0.1, 0.15) is 12.1 Å². The zero-order valence-electron chi connectivity index (χ0n) is 16.7. The number of rotatable bonds is 3. The van der Waals surface area contributed by atoms with Crippen molar-refractivity contribution < 1.29 is 42.2 Å². The molecule has 1 amide bonds. The zero-order valence-corrected chi connectivity index (χ0v) is 16.7. The first-order valence-corrected chi connectivity index (χ1v) is 9.63. The number of aliphatic carboxylic acids is 1. The minimum Gasteiger partial charge on any atom is -0.481 e. The summed E-state index contributed by atoms with van der Waals surface area (Å²) in [5.41, 5.74) is 0. The van der Waals surface area contributed by atoms with E-state index >= 15 is 0 Å². The summed E-state index contributed by atoms with van der Waals surface area (Å²) in [6.07, 6.45) is -2.67. The number of halogens is 3. The van der Waals surface area contributed by atoms with Gasteiger partial charge in [0.15, 0.2) is 0 Å². The first-order valence-electron chi connectivity index (χ1n) is 9.63. The number of methoxy groups -OCH3 is 1. The van der Waals surface area contributed by atoms with Gasteiger partial charge in [-0.1, -0.05) is 0 Å². The van der Waals surface area contributed by atoms with E-state index in [1.165, 1.54) is 11.4 Å². The number of anilines is 1. The molecule has 1 N–H and O–H groups in total. The number of fused-ring (bicyclic) bond motifs is 1. The summed E-state index contributed by atoms with van der Waals surface area (Å²) in [5.74, 6) is -0.871. The lowest BCUT2D eigenvalue weighted by Gasteiger charge is -2.33. The average molecular weight is 448 g/mol. The first kappa shape index (κ1) is 23.0. The molecule has 10 nitrogen and oxygen atoms in total. The van der Waals surface area contributed by atoms with Gasteiger partial charge in [-0.25, -0.2) is 19.8 Å². The molecule has 172 valence electrons. The Morgan fingerprint density at radius 2 is 2.00 bits per heavy atom. The molecule has 0 aromatic carbocycles. The second kappa shape index (κ2) is 9.64. The summed E-state index contributed by atoms with van der Waals surface area (Å²) in [7, 11) is 1.59. The van der Waals surface area contributed by atoms with Crippen LogP contribution in [0.15, 0.2) is 12.4 Å². The fourth-order valence-corrected chi connectivity index (χ4v) is 3.86. The zero-order chi connectivity index (χ0) is 22.6. The molecular formula is C18H23F3N4O6. The van der Waals surface area contributed by atoms with E-state index in [1.807, 2.05) is 6.07 Å². The van der Waals surface area contributed by atoms with E-state index in [9.17, 15) is 18.0 Å². The van der Waals surface area contributed by atoms with Crippen LogP contribution in [0, 0.1) is 17.8 Å². The fourth-order valence-electron chi connectivity index (χ4n) is 3.86. The van der Waals surface area contributed by atoms with Crippen molar-refractivity contribution in [2.24, 2.45) is 17.8 Å². The normalized spacial score (nSPS) is 25.5. The van der Waals surface area contributed by atoms with Crippen LogP contribution in [0.1, 0.15) is 6.42 Å². The van der Waals surface area contributed by atoms with Gasteiger partial charge in [-0.15, -0.1) is 0 Å². The predicted molar refractivity (Wildman–Crippen MR) is 98.1 cm³/mol. The molecule has 31 heavy (non-hydrogen) atoms. The Morgan fingerprint density at radius 3 is 2.61 bits per heavy atom. The Balaban J connectivity index is 0.000000339. The molecule has 0 saturated carbocycles. The number of hydrogen-bond acceptors (Lipinski definition) is 8. The smallest absolute Gasteiger partial charge is 0.481 e. The molecule has 3 aliphatic rings. The van der Waals surface area contributed by atoms with Crippen LogP contribution in [0.4, 0.5) is 19.0 Å². The molecule has 0 aliphatic carbocycles. The number of carboxylic acid groups (broad SMARTS) is 1. The maximum absolute atomic E-state index is 12.7. The van der Waals surface area contributed by atoms with Crippen molar-refractivity contribution in [3.8, 4) is 5.88 Å². The van der Waals surface area contributed by atoms with Crippen LogP contribution in [-0.4, -0.2) is 84.8 Å². The molecule has 0 spiro atoms. The number of nitrogens with zero attached hydrogens (tertiary/aromatic N) is 4. The van der Waals surface area contributed by atoms with Crippen LogP contribution in [0.3, 0.4) is 0 Å². The Bertz CT molecular complexity index is 790. The van der Waals surface area contributed by atoms with E-state index in [2.05, 4.69) is 14.9 Å². The standard InChI is InChI=1S/C16H22N4O4.C2HF3O2/c1-22-15-5-14(17-10-18-15)19-6-11-8-23-9-13(12(11)7-19)16(21)20-3-2-4-24-20;3-2(4,5)1(6)7/h5,10-13H,2-4,6-9H2,1H3;(H,6,7)/t11-,12-,13-;/m1./s1. The number of carbonyl (C=O) groups excluding carboxylic acids is 1. The van der Waals surface area contributed by atoms with E-state index in [-0.39, 0.29) is 17.7 Å². The lowest BCUT2D eigenvalue weighted by Crippen LogP contribution is -2.45. The number of hydroxylamine groups is 2. The minimum absolute atomic E-state index is 0.0596. The topological polar surface area (TPSA) is 114 Å². The third kappa shape index (κ3) is 5.53. The molecule has 4 heterocycles. The van der Waals surface area contributed by atoms with Gasteiger partial charge >= 0.3 is 12.1 Å². The van der Waals surface area contributed by atoms with E-state index < -0.39 is 12.1 Å². The Kier molecular flexibility index (Phi) is 7.15. The van der Waals surface area contributed by atoms with Crippen molar-refractivity contribution in [2.45, 2.75) is 12.6 Å². The molecule has 3 fully saturated rings. The molecule has 1 aromatic rings. The monoisotopic (exact) mass is 448 g/mol. The van der Waals surface area contributed by atoms with Crippen LogP contribution in [-0.2, 0) is 19.2 Å². The van der Waals surface area contributed by atoms with Crippen LogP contribution >= 0.6 is 0 Å². The summed E-state index contributed by atoms with van der Waals surface area (Å²) >= 11 is 0. The highest BCUT2D eigenvalue weighted by atomic mass is 19.4. The maximum Gasteiger partial charge on any atom is 0.490 e. The minimum atomic E-state index is -5.08. The molecule has 13 heteroatoms. The number of ether oxygens (including phenoxy) is 2. The molecule has 0 unspecified atom stereocenters. The molecule has 0 radical (unpaired) electrons. The fraction of sp³-hybridized carbons (Fsp3) is 0.667. The van der Waals surface area contributed by atoms with Crippen molar-refractivity contribution in [3.05, 3.63) is 12.4 Å². The van der Waals surface area contributed by atoms with E-state index in [4.69, 9.17) is 24.2 Å². The summed E-state index contributed by atoms with van der Waals surface area (Å²) in [6.45, 7) is 4.09. The third-order valence-corrected chi connectivity index (χ3v) is 5.36. The molecule has 0 bridgehead atoms. The van der Waals surface area contributed by atoms with Crippen LogP contribution in [0.25, 0.3) is 0 Å². The summed E-state index contributed by atoms with van der Waals surface area (Å²) in [5, 5.41) is 8.65. The highest BCUT2D eigenvalue weighted by Gasteiger charge is 2.46. The third-order valence-electron chi connectivity index (χ3n) is 5.36. The van der Waals surface area contributed by atoms with E-state index in [0.717, 1.165) is 25.3 Å². The van der Waals surface area contributed by atoms with Crippen LogP contribution < -0.4 is 9.64 Å². The Morgan fingerprint density at radius 1 is 1.26 bits per heavy atom.